The Morgan fingerprint density at radius 1 is 0.964 bits per heavy atom. The van der Waals surface area contributed by atoms with Crippen LogP contribution in [0.3, 0.4) is 0 Å². The van der Waals surface area contributed by atoms with Crippen LogP contribution < -0.4 is 0 Å². The Bertz CT molecular complexity index is 932. The van der Waals surface area contributed by atoms with Crippen LogP contribution >= 0.6 is 0 Å². The molecule has 4 nitrogen and oxygen atoms in total. The molecule has 0 radical (unpaired) electrons. The molecular formula is C23H26FN3O. The first-order chi connectivity index (χ1) is 13.7. The van der Waals surface area contributed by atoms with E-state index in [1.165, 1.54) is 6.07 Å². The van der Waals surface area contributed by atoms with Crippen molar-refractivity contribution in [3.05, 3.63) is 77.7 Å². The van der Waals surface area contributed by atoms with Gasteiger partial charge >= 0.3 is 0 Å². The van der Waals surface area contributed by atoms with Gasteiger partial charge in [0.15, 0.2) is 0 Å². The number of hydrogen-bond acceptors (Lipinski definition) is 4. The molecule has 1 atom stereocenters. The smallest absolute Gasteiger partial charge is 0.127 e. The molecule has 0 amide bonds. The lowest BCUT2D eigenvalue weighted by molar-refractivity contribution is 0.0488. The number of nitrogens with zero attached hydrogens (tertiary/aromatic N) is 3. The zero-order chi connectivity index (χ0) is 19.3. The Kier molecular flexibility index (Phi) is 5.95. The molecule has 4 rings (SSSR count). The van der Waals surface area contributed by atoms with E-state index in [0.717, 1.165) is 48.3 Å². The highest BCUT2D eigenvalue weighted by Gasteiger charge is 2.27. The van der Waals surface area contributed by atoms with Crippen molar-refractivity contribution >= 4 is 10.9 Å². The molecule has 1 aromatic heterocycles. The molecule has 1 aliphatic rings. The number of halogens is 1. The van der Waals surface area contributed by atoms with Crippen LogP contribution in [0.25, 0.3) is 10.9 Å². The predicted octanol–water partition coefficient (Wildman–Crippen LogP) is 3.44. The Hall–Kier alpha value is -2.34. The average molecular weight is 379 g/mol. The fourth-order valence-corrected chi connectivity index (χ4v) is 4.00. The van der Waals surface area contributed by atoms with Crippen molar-refractivity contribution in [1.82, 2.24) is 14.8 Å². The van der Waals surface area contributed by atoms with Crippen LogP contribution in [0.15, 0.2) is 60.7 Å². The Morgan fingerprint density at radius 3 is 2.64 bits per heavy atom. The first-order valence-corrected chi connectivity index (χ1v) is 9.88. The first kappa shape index (κ1) is 19.0. The maximum Gasteiger partial charge on any atom is 0.127 e. The van der Waals surface area contributed by atoms with Gasteiger partial charge in [-0.15, -0.1) is 0 Å². The lowest BCUT2D eigenvalue weighted by Crippen LogP contribution is -2.52. The molecular weight excluding hydrogens is 353 g/mol. The van der Waals surface area contributed by atoms with Gasteiger partial charge < -0.3 is 5.11 Å². The molecule has 0 aliphatic carbocycles. The maximum atomic E-state index is 14.1. The van der Waals surface area contributed by atoms with E-state index in [9.17, 15) is 9.50 Å². The van der Waals surface area contributed by atoms with Crippen molar-refractivity contribution in [2.24, 2.45) is 0 Å². The molecule has 0 spiro atoms. The molecule has 1 N–H and O–H groups in total. The number of rotatable bonds is 6. The van der Waals surface area contributed by atoms with E-state index in [4.69, 9.17) is 4.98 Å². The predicted molar refractivity (Wildman–Crippen MR) is 109 cm³/mol. The van der Waals surface area contributed by atoms with Crippen molar-refractivity contribution in [2.45, 2.75) is 25.6 Å². The number of piperazine rings is 1. The quantitative estimate of drug-likeness (QED) is 0.712. The summed E-state index contributed by atoms with van der Waals surface area (Å²) >= 11 is 0. The van der Waals surface area contributed by atoms with Gasteiger partial charge in [-0.25, -0.2) is 4.39 Å². The molecule has 5 heteroatoms. The number of aliphatic hydroxyl groups is 1. The third kappa shape index (κ3) is 4.38. The standard InChI is InChI=1S/C23H26FN3O/c24-22-7-3-1-6-19(22)15-27-13-12-26(17-21(27)11-14-28)16-20-10-9-18-5-2-4-8-23(18)25-20/h1-10,21,28H,11-17H2. The van der Waals surface area contributed by atoms with Crippen LogP contribution in [-0.4, -0.2) is 52.2 Å². The molecule has 2 aromatic carbocycles. The molecule has 1 fully saturated rings. The molecule has 146 valence electrons. The van der Waals surface area contributed by atoms with E-state index in [-0.39, 0.29) is 18.5 Å². The normalized spacial score (nSPS) is 18.6. The van der Waals surface area contributed by atoms with E-state index in [1.807, 2.05) is 30.3 Å². The van der Waals surface area contributed by atoms with E-state index in [1.54, 1.807) is 6.07 Å². The van der Waals surface area contributed by atoms with Crippen molar-refractivity contribution in [3.63, 3.8) is 0 Å². The highest BCUT2D eigenvalue weighted by molar-refractivity contribution is 5.78. The van der Waals surface area contributed by atoms with Crippen molar-refractivity contribution < 1.29 is 9.50 Å². The van der Waals surface area contributed by atoms with Crippen molar-refractivity contribution in [3.8, 4) is 0 Å². The van der Waals surface area contributed by atoms with Crippen LogP contribution in [0.2, 0.25) is 0 Å². The summed E-state index contributed by atoms with van der Waals surface area (Å²) < 4.78 is 14.1. The largest absolute Gasteiger partial charge is 0.396 e. The van der Waals surface area contributed by atoms with Gasteiger partial charge in [-0.1, -0.05) is 42.5 Å². The van der Waals surface area contributed by atoms with Crippen LogP contribution in [0.4, 0.5) is 4.39 Å². The number of benzene rings is 2. The monoisotopic (exact) mass is 379 g/mol. The number of aliphatic hydroxyl groups excluding tert-OH is 1. The molecule has 2 heterocycles. The third-order valence-electron chi connectivity index (χ3n) is 5.52. The Labute approximate surface area is 165 Å². The Balaban J connectivity index is 1.44. The van der Waals surface area contributed by atoms with E-state index >= 15 is 0 Å². The fourth-order valence-electron chi connectivity index (χ4n) is 4.00. The summed E-state index contributed by atoms with van der Waals surface area (Å²) in [7, 11) is 0. The summed E-state index contributed by atoms with van der Waals surface area (Å²) in [5.41, 5.74) is 2.80. The van der Waals surface area contributed by atoms with Gasteiger partial charge in [0.05, 0.1) is 11.2 Å². The van der Waals surface area contributed by atoms with Crippen LogP contribution in [0, 0.1) is 5.82 Å². The zero-order valence-electron chi connectivity index (χ0n) is 16.0. The zero-order valence-corrected chi connectivity index (χ0v) is 16.0. The minimum Gasteiger partial charge on any atom is -0.396 e. The number of pyridine rings is 1. The van der Waals surface area contributed by atoms with Crippen LogP contribution in [0.5, 0.6) is 0 Å². The summed E-state index contributed by atoms with van der Waals surface area (Å²) in [5, 5.41) is 10.7. The average Bonchev–Trinajstić information content (AvgIpc) is 2.71. The van der Waals surface area contributed by atoms with Crippen molar-refractivity contribution in [1.29, 1.82) is 0 Å². The van der Waals surface area contributed by atoms with E-state index in [2.05, 4.69) is 28.0 Å². The maximum absolute atomic E-state index is 14.1. The van der Waals surface area contributed by atoms with Crippen molar-refractivity contribution in [2.75, 3.05) is 26.2 Å². The molecule has 1 aliphatic heterocycles. The highest BCUT2D eigenvalue weighted by Crippen LogP contribution is 2.20. The van der Waals surface area contributed by atoms with Gasteiger partial charge in [0.2, 0.25) is 0 Å². The molecule has 0 saturated carbocycles. The van der Waals surface area contributed by atoms with Gasteiger partial charge in [-0.3, -0.25) is 14.8 Å². The Morgan fingerprint density at radius 2 is 1.79 bits per heavy atom. The number of hydrogen-bond donors (Lipinski definition) is 1. The fraction of sp³-hybridized carbons (Fsp3) is 0.348. The molecule has 3 aromatic rings. The van der Waals surface area contributed by atoms with Gasteiger partial charge in [-0.2, -0.15) is 0 Å². The molecule has 1 unspecified atom stereocenters. The number of para-hydroxylation sites is 1. The minimum atomic E-state index is -0.159. The minimum absolute atomic E-state index is 0.139. The van der Waals surface area contributed by atoms with Gasteiger partial charge in [0.25, 0.3) is 0 Å². The molecule has 28 heavy (non-hydrogen) atoms. The van der Waals surface area contributed by atoms with E-state index in [0.29, 0.717) is 13.0 Å². The summed E-state index contributed by atoms with van der Waals surface area (Å²) in [6, 6.07) is 19.5. The first-order valence-electron chi connectivity index (χ1n) is 9.88. The molecule has 0 bridgehead atoms. The highest BCUT2D eigenvalue weighted by atomic mass is 19.1. The SMILES string of the molecule is OCCC1CN(Cc2ccc3ccccc3n2)CCN1Cc1ccccc1F. The number of fused-ring (bicyclic) bond motifs is 1. The second-order valence-corrected chi connectivity index (χ2v) is 7.46. The second kappa shape index (κ2) is 8.78. The van der Waals surface area contributed by atoms with Crippen LogP contribution in [-0.2, 0) is 13.1 Å². The number of aromatic nitrogens is 1. The van der Waals surface area contributed by atoms with E-state index < -0.39 is 0 Å². The van der Waals surface area contributed by atoms with Gasteiger partial charge in [-0.05, 0) is 24.6 Å². The van der Waals surface area contributed by atoms with Crippen LogP contribution in [0.1, 0.15) is 17.7 Å². The summed E-state index contributed by atoms with van der Waals surface area (Å²) in [6.07, 6.45) is 0.691. The summed E-state index contributed by atoms with van der Waals surface area (Å²) in [6.45, 7) is 4.13. The van der Waals surface area contributed by atoms with Gasteiger partial charge in [0.1, 0.15) is 5.82 Å². The second-order valence-electron chi connectivity index (χ2n) is 7.46. The molecule has 1 saturated heterocycles. The lowest BCUT2D eigenvalue weighted by Gasteiger charge is -2.41. The third-order valence-corrected chi connectivity index (χ3v) is 5.52. The summed E-state index contributed by atoms with van der Waals surface area (Å²) in [5.74, 6) is -0.159. The topological polar surface area (TPSA) is 39.6 Å². The van der Waals surface area contributed by atoms with Gasteiger partial charge in [0, 0.05) is 56.3 Å². The lowest BCUT2D eigenvalue weighted by atomic mass is 10.1. The summed E-state index contributed by atoms with van der Waals surface area (Å²) in [4.78, 5) is 9.46.